The molecule has 0 radical (unpaired) electrons. The second-order valence-corrected chi connectivity index (χ2v) is 8.16. The molecule has 1 saturated carbocycles. The van der Waals surface area contributed by atoms with Crippen LogP contribution in [0.4, 0.5) is 0 Å². The van der Waals surface area contributed by atoms with Crippen LogP contribution < -0.4 is 5.32 Å². The molecule has 1 aliphatic rings. The van der Waals surface area contributed by atoms with E-state index in [1.165, 1.54) is 31.0 Å². The van der Waals surface area contributed by atoms with Gasteiger partial charge in [-0.1, -0.05) is 43.1 Å². The maximum atomic E-state index is 12.3. The summed E-state index contributed by atoms with van der Waals surface area (Å²) < 4.78 is 2.03. The van der Waals surface area contributed by atoms with Crippen molar-refractivity contribution in [3.63, 3.8) is 0 Å². The minimum absolute atomic E-state index is 0.0763. The molecule has 1 aliphatic carbocycles. The molecule has 1 N–H and O–H groups in total. The number of thioether (sulfide) groups is 1. The van der Waals surface area contributed by atoms with Gasteiger partial charge in [0.2, 0.25) is 5.91 Å². The lowest BCUT2D eigenvalue weighted by Crippen LogP contribution is -2.41. The van der Waals surface area contributed by atoms with Crippen LogP contribution in [0.2, 0.25) is 5.02 Å². The van der Waals surface area contributed by atoms with E-state index >= 15 is 0 Å². The molecule has 2 aromatic rings. The van der Waals surface area contributed by atoms with Gasteiger partial charge in [0.25, 0.3) is 0 Å². The Morgan fingerprint density at radius 1 is 1.27 bits per heavy atom. The SMILES string of the molecule is CCn1c(SCC(=O)N[C@@H]2CCCC[C@@H]2C)nnc1-c1ccc(Cl)cc1. The van der Waals surface area contributed by atoms with E-state index in [1.54, 1.807) is 0 Å². The highest BCUT2D eigenvalue weighted by atomic mass is 35.5. The van der Waals surface area contributed by atoms with Gasteiger partial charge in [-0.25, -0.2) is 0 Å². The molecular formula is C19H25ClN4OS. The Labute approximate surface area is 163 Å². The standard InChI is InChI=1S/C19H25ClN4OS/c1-3-24-18(14-8-10-15(20)11-9-14)22-23-19(24)26-12-17(25)21-16-7-5-4-6-13(16)2/h8-11,13,16H,3-7,12H2,1-2H3,(H,21,25)/t13-,16+/m0/s1. The van der Waals surface area contributed by atoms with Crippen LogP contribution >= 0.6 is 23.4 Å². The number of amides is 1. The number of aromatic nitrogens is 3. The van der Waals surface area contributed by atoms with Gasteiger partial charge in [0.1, 0.15) is 0 Å². The van der Waals surface area contributed by atoms with E-state index in [-0.39, 0.29) is 5.91 Å². The van der Waals surface area contributed by atoms with Crippen molar-refractivity contribution in [1.82, 2.24) is 20.1 Å². The number of carbonyl (C=O) groups is 1. The molecule has 1 fully saturated rings. The molecule has 1 aromatic carbocycles. The van der Waals surface area contributed by atoms with E-state index in [0.717, 1.165) is 29.5 Å². The second kappa shape index (κ2) is 8.91. The molecule has 0 aliphatic heterocycles. The third kappa shape index (κ3) is 4.60. The Kier molecular flexibility index (Phi) is 6.59. The van der Waals surface area contributed by atoms with E-state index in [9.17, 15) is 4.79 Å². The van der Waals surface area contributed by atoms with Gasteiger partial charge in [-0.05, 0) is 49.9 Å². The first kappa shape index (κ1) is 19.2. The van der Waals surface area contributed by atoms with Crippen molar-refractivity contribution in [2.45, 2.75) is 57.3 Å². The largest absolute Gasteiger partial charge is 0.352 e. The lowest BCUT2D eigenvalue weighted by atomic mass is 9.86. The summed E-state index contributed by atoms with van der Waals surface area (Å²) in [6, 6.07) is 7.87. The van der Waals surface area contributed by atoms with Crippen molar-refractivity contribution in [2.24, 2.45) is 5.92 Å². The Morgan fingerprint density at radius 2 is 2.00 bits per heavy atom. The highest BCUT2D eigenvalue weighted by molar-refractivity contribution is 7.99. The molecule has 7 heteroatoms. The fourth-order valence-electron chi connectivity index (χ4n) is 3.40. The number of hydrogen-bond donors (Lipinski definition) is 1. The van der Waals surface area contributed by atoms with Gasteiger partial charge in [-0.3, -0.25) is 4.79 Å². The summed E-state index contributed by atoms with van der Waals surface area (Å²) in [6.07, 6.45) is 4.77. The average Bonchev–Trinajstić information content (AvgIpc) is 3.05. The van der Waals surface area contributed by atoms with Crippen molar-refractivity contribution in [2.75, 3.05) is 5.75 Å². The third-order valence-electron chi connectivity index (χ3n) is 4.93. The van der Waals surface area contributed by atoms with Gasteiger partial charge < -0.3 is 9.88 Å². The van der Waals surface area contributed by atoms with Crippen LogP contribution in [0.3, 0.4) is 0 Å². The summed E-state index contributed by atoms with van der Waals surface area (Å²) in [5.41, 5.74) is 0.969. The van der Waals surface area contributed by atoms with Gasteiger partial charge >= 0.3 is 0 Å². The van der Waals surface area contributed by atoms with E-state index < -0.39 is 0 Å². The summed E-state index contributed by atoms with van der Waals surface area (Å²) in [7, 11) is 0. The molecule has 140 valence electrons. The first-order chi connectivity index (χ1) is 12.6. The molecular weight excluding hydrogens is 368 g/mol. The zero-order valence-corrected chi connectivity index (χ0v) is 16.8. The molecule has 5 nitrogen and oxygen atoms in total. The zero-order valence-electron chi connectivity index (χ0n) is 15.2. The Balaban J connectivity index is 1.63. The van der Waals surface area contributed by atoms with Crippen LogP contribution in [0.5, 0.6) is 0 Å². The monoisotopic (exact) mass is 392 g/mol. The van der Waals surface area contributed by atoms with Crippen molar-refractivity contribution in [1.29, 1.82) is 0 Å². The number of rotatable bonds is 6. The second-order valence-electron chi connectivity index (χ2n) is 6.78. The number of halogens is 1. The number of hydrogen-bond acceptors (Lipinski definition) is 4. The number of carbonyl (C=O) groups excluding carboxylic acids is 1. The summed E-state index contributed by atoms with van der Waals surface area (Å²) in [5.74, 6) is 1.80. The van der Waals surface area contributed by atoms with Crippen LogP contribution in [-0.4, -0.2) is 32.5 Å². The van der Waals surface area contributed by atoms with E-state index in [1.807, 2.05) is 28.8 Å². The van der Waals surface area contributed by atoms with Crippen LogP contribution in [0.1, 0.15) is 39.5 Å². The van der Waals surface area contributed by atoms with Crippen molar-refractivity contribution >= 4 is 29.3 Å². The van der Waals surface area contributed by atoms with Crippen LogP contribution in [0.15, 0.2) is 29.4 Å². The number of nitrogens with zero attached hydrogens (tertiary/aromatic N) is 3. The van der Waals surface area contributed by atoms with E-state index in [2.05, 4.69) is 29.4 Å². The topological polar surface area (TPSA) is 59.8 Å². The smallest absolute Gasteiger partial charge is 0.230 e. The van der Waals surface area contributed by atoms with Crippen LogP contribution in [-0.2, 0) is 11.3 Å². The maximum Gasteiger partial charge on any atom is 0.230 e. The summed E-state index contributed by atoms with van der Waals surface area (Å²) in [6.45, 7) is 5.02. The van der Waals surface area contributed by atoms with Gasteiger partial charge in [-0.15, -0.1) is 10.2 Å². The van der Waals surface area contributed by atoms with Crippen molar-refractivity contribution in [3.05, 3.63) is 29.3 Å². The summed E-state index contributed by atoms with van der Waals surface area (Å²) in [4.78, 5) is 12.3. The van der Waals surface area contributed by atoms with Crippen molar-refractivity contribution < 1.29 is 4.79 Å². The Bertz CT molecular complexity index is 746. The highest BCUT2D eigenvalue weighted by Crippen LogP contribution is 2.26. The van der Waals surface area contributed by atoms with Gasteiger partial charge in [0.05, 0.1) is 5.75 Å². The lowest BCUT2D eigenvalue weighted by Gasteiger charge is -2.29. The van der Waals surface area contributed by atoms with Crippen LogP contribution in [0.25, 0.3) is 11.4 Å². The van der Waals surface area contributed by atoms with Gasteiger partial charge in [-0.2, -0.15) is 0 Å². The Hall–Kier alpha value is -1.53. The molecule has 0 bridgehead atoms. The summed E-state index contributed by atoms with van der Waals surface area (Å²) >= 11 is 7.40. The maximum absolute atomic E-state index is 12.3. The molecule has 0 spiro atoms. The number of benzene rings is 1. The normalized spacial score (nSPS) is 20.1. The minimum Gasteiger partial charge on any atom is -0.352 e. The minimum atomic E-state index is 0.0763. The molecule has 26 heavy (non-hydrogen) atoms. The zero-order chi connectivity index (χ0) is 18.5. The summed E-state index contributed by atoms with van der Waals surface area (Å²) in [5, 5.41) is 13.2. The van der Waals surface area contributed by atoms with Gasteiger partial charge in [0, 0.05) is 23.2 Å². The van der Waals surface area contributed by atoms with E-state index in [0.29, 0.717) is 22.7 Å². The lowest BCUT2D eigenvalue weighted by molar-refractivity contribution is -0.119. The molecule has 3 rings (SSSR count). The molecule has 2 atom stereocenters. The molecule has 1 heterocycles. The molecule has 1 amide bonds. The predicted octanol–water partition coefficient (Wildman–Crippen LogP) is 4.41. The predicted molar refractivity (Wildman–Crippen MR) is 106 cm³/mol. The first-order valence-corrected chi connectivity index (χ1v) is 10.6. The van der Waals surface area contributed by atoms with Crippen molar-refractivity contribution in [3.8, 4) is 11.4 Å². The molecule has 0 saturated heterocycles. The van der Waals surface area contributed by atoms with Gasteiger partial charge in [0.15, 0.2) is 11.0 Å². The fourth-order valence-corrected chi connectivity index (χ4v) is 4.34. The molecule has 0 unspecified atom stereocenters. The Morgan fingerprint density at radius 3 is 2.69 bits per heavy atom. The van der Waals surface area contributed by atoms with Crippen LogP contribution in [0, 0.1) is 5.92 Å². The third-order valence-corrected chi connectivity index (χ3v) is 6.14. The highest BCUT2D eigenvalue weighted by Gasteiger charge is 2.23. The first-order valence-electron chi connectivity index (χ1n) is 9.19. The molecule has 1 aromatic heterocycles. The number of nitrogens with one attached hydrogen (secondary N) is 1. The quantitative estimate of drug-likeness (QED) is 0.740. The average molecular weight is 393 g/mol. The fraction of sp³-hybridized carbons (Fsp3) is 0.526. The van der Waals surface area contributed by atoms with E-state index in [4.69, 9.17) is 11.6 Å².